The third-order valence-corrected chi connectivity index (χ3v) is 4.23. The Morgan fingerprint density at radius 3 is 2.75 bits per heavy atom. The number of likely N-dealkylation sites (tertiary alicyclic amines) is 1. The number of H-pyrrole nitrogens is 1. The van der Waals surface area contributed by atoms with Gasteiger partial charge in [0.2, 0.25) is 0 Å². The Hall–Kier alpha value is -2.00. The second-order valence-corrected chi connectivity index (χ2v) is 5.77. The molecule has 130 valence electrons. The second-order valence-electron chi connectivity index (χ2n) is 5.77. The fraction of sp³-hybridized carbons (Fsp3) is 0.467. The number of nitrogens with zero attached hydrogens (tertiary/aromatic N) is 3. The van der Waals surface area contributed by atoms with E-state index in [1.807, 2.05) is 4.90 Å². The molecule has 0 spiro atoms. The van der Waals surface area contributed by atoms with Crippen molar-refractivity contribution in [3.05, 3.63) is 47.0 Å². The maximum Gasteiger partial charge on any atom is 0.416 e. The number of halogens is 4. The summed E-state index contributed by atoms with van der Waals surface area (Å²) in [6, 6.07) is 2.47. The van der Waals surface area contributed by atoms with Gasteiger partial charge in [0, 0.05) is 38.2 Å². The van der Waals surface area contributed by atoms with Crippen LogP contribution in [0.3, 0.4) is 0 Å². The number of alkyl halides is 3. The van der Waals surface area contributed by atoms with Crippen LogP contribution in [0.15, 0.2) is 24.4 Å². The SMILES string of the molecule is CO[C@@H]1CN(Cc2cc(C(F)(F)F)ccc2F)C[C@H]1c1cn[nH]n1. The average Bonchev–Trinajstić information content (AvgIpc) is 3.17. The van der Waals surface area contributed by atoms with Crippen LogP contribution in [-0.2, 0) is 17.5 Å². The first-order valence-corrected chi connectivity index (χ1v) is 7.35. The van der Waals surface area contributed by atoms with E-state index in [4.69, 9.17) is 4.74 Å². The van der Waals surface area contributed by atoms with Gasteiger partial charge in [0.25, 0.3) is 0 Å². The zero-order valence-corrected chi connectivity index (χ0v) is 12.8. The molecule has 9 heteroatoms. The Labute approximate surface area is 135 Å². The molecule has 2 atom stereocenters. The number of hydrogen-bond acceptors (Lipinski definition) is 4. The van der Waals surface area contributed by atoms with Gasteiger partial charge in [-0.15, -0.1) is 0 Å². The van der Waals surface area contributed by atoms with E-state index in [2.05, 4.69) is 15.4 Å². The highest BCUT2D eigenvalue weighted by Crippen LogP contribution is 2.32. The van der Waals surface area contributed by atoms with E-state index < -0.39 is 17.6 Å². The maximum atomic E-state index is 13.9. The minimum atomic E-state index is -4.49. The Balaban J connectivity index is 1.77. The van der Waals surface area contributed by atoms with Gasteiger partial charge in [0.15, 0.2) is 0 Å². The lowest BCUT2D eigenvalue weighted by Gasteiger charge is -2.17. The Morgan fingerprint density at radius 1 is 1.33 bits per heavy atom. The van der Waals surface area contributed by atoms with Gasteiger partial charge >= 0.3 is 6.18 Å². The first kappa shape index (κ1) is 16.8. The zero-order valence-electron chi connectivity index (χ0n) is 12.8. The summed E-state index contributed by atoms with van der Waals surface area (Å²) in [7, 11) is 1.56. The number of nitrogens with one attached hydrogen (secondary N) is 1. The molecule has 1 N–H and O–H groups in total. The van der Waals surface area contributed by atoms with Crippen molar-refractivity contribution in [2.75, 3.05) is 20.2 Å². The molecule has 0 saturated carbocycles. The predicted octanol–water partition coefficient (Wildman–Crippen LogP) is 2.58. The van der Waals surface area contributed by atoms with Crippen molar-refractivity contribution in [1.29, 1.82) is 0 Å². The molecule has 1 fully saturated rings. The fourth-order valence-corrected chi connectivity index (χ4v) is 3.01. The summed E-state index contributed by atoms with van der Waals surface area (Å²) in [5.74, 6) is -0.718. The van der Waals surface area contributed by atoms with Gasteiger partial charge in [-0.25, -0.2) is 4.39 Å². The molecule has 0 bridgehead atoms. The molecular formula is C15H16F4N4O. The smallest absolute Gasteiger partial charge is 0.379 e. The van der Waals surface area contributed by atoms with Crippen LogP contribution in [0.1, 0.15) is 22.7 Å². The van der Waals surface area contributed by atoms with Crippen LogP contribution in [-0.4, -0.2) is 46.6 Å². The van der Waals surface area contributed by atoms with E-state index in [9.17, 15) is 17.6 Å². The molecule has 2 heterocycles. The highest BCUT2D eigenvalue weighted by molar-refractivity contribution is 5.27. The van der Waals surface area contributed by atoms with Crippen molar-refractivity contribution in [1.82, 2.24) is 20.3 Å². The Bertz CT molecular complexity index is 689. The van der Waals surface area contributed by atoms with E-state index >= 15 is 0 Å². The fourth-order valence-electron chi connectivity index (χ4n) is 3.01. The molecule has 2 aromatic rings. The summed E-state index contributed by atoms with van der Waals surface area (Å²) >= 11 is 0. The molecule has 0 amide bonds. The highest BCUT2D eigenvalue weighted by atomic mass is 19.4. The number of aromatic amines is 1. The molecule has 1 saturated heterocycles. The summed E-state index contributed by atoms with van der Waals surface area (Å²) in [5.41, 5.74) is -0.121. The molecule has 3 rings (SSSR count). The highest BCUT2D eigenvalue weighted by Gasteiger charge is 2.36. The minimum Gasteiger partial charge on any atom is -0.379 e. The summed E-state index contributed by atoms with van der Waals surface area (Å²) < 4.78 is 57.7. The number of methoxy groups -OCH3 is 1. The van der Waals surface area contributed by atoms with Gasteiger partial charge in [0.05, 0.1) is 23.6 Å². The quantitative estimate of drug-likeness (QED) is 0.867. The van der Waals surface area contributed by atoms with Crippen LogP contribution in [0.25, 0.3) is 0 Å². The van der Waals surface area contributed by atoms with Gasteiger partial charge in [-0.2, -0.15) is 28.6 Å². The van der Waals surface area contributed by atoms with Crippen molar-refractivity contribution in [2.45, 2.75) is 24.7 Å². The lowest BCUT2D eigenvalue weighted by atomic mass is 10.0. The van der Waals surface area contributed by atoms with E-state index in [0.29, 0.717) is 18.8 Å². The Kier molecular flexibility index (Phi) is 4.55. The molecule has 5 nitrogen and oxygen atoms in total. The topological polar surface area (TPSA) is 54.0 Å². The van der Waals surface area contributed by atoms with Gasteiger partial charge < -0.3 is 4.74 Å². The summed E-state index contributed by atoms with van der Waals surface area (Å²) in [6.07, 6.45) is -3.08. The maximum absolute atomic E-state index is 13.9. The van der Waals surface area contributed by atoms with Crippen molar-refractivity contribution >= 4 is 0 Å². The Morgan fingerprint density at radius 2 is 2.12 bits per heavy atom. The third-order valence-electron chi connectivity index (χ3n) is 4.23. The van der Waals surface area contributed by atoms with Crippen molar-refractivity contribution in [2.24, 2.45) is 0 Å². The van der Waals surface area contributed by atoms with Crippen molar-refractivity contribution < 1.29 is 22.3 Å². The van der Waals surface area contributed by atoms with E-state index in [1.165, 1.54) is 0 Å². The molecule has 0 radical (unpaired) electrons. The van der Waals surface area contributed by atoms with Crippen LogP contribution in [0.5, 0.6) is 0 Å². The lowest BCUT2D eigenvalue weighted by molar-refractivity contribution is -0.137. The standard InChI is InChI=1S/C15H16F4N4O/c1-24-14-8-23(7-11(14)13-5-20-22-21-13)6-9-4-10(15(17,18)19)2-3-12(9)16/h2-5,11,14H,6-8H2,1H3,(H,20,21,22)/t11-,14+/m0/s1. The van der Waals surface area contributed by atoms with E-state index in [0.717, 1.165) is 18.2 Å². The summed E-state index contributed by atoms with van der Waals surface area (Å²) in [6.45, 7) is 1.05. The lowest BCUT2D eigenvalue weighted by Crippen LogP contribution is -2.23. The normalized spacial score (nSPS) is 22.2. The van der Waals surface area contributed by atoms with E-state index in [1.54, 1.807) is 13.3 Å². The molecule has 1 aromatic carbocycles. The van der Waals surface area contributed by atoms with Gasteiger partial charge in [-0.1, -0.05) is 0 Å². The molecule has 1 aromatic heterocycles. The minimum absolute atomic E-state index is 0.0143. The number of ether oxygens (including phenoxy) is 1. The number of hydrogen-bond donors (Lipinski definition) is 1. The van der Waals surface area contributed by atoms with Crippen molar-refractivity contribution in [3.63, 3.8) is 0 Å². The van der Waals surface area contributed by atoms with Crippen LogP contribution >= 0.6 is 0 Å². The van der Waals surface area contributed by atoms with Crippen LogP contribution in [0.4, 0.5) is 17.6 Å². The van der Waals surface area contributed by atoms with Crippen LogP contribution in [0, 0.1) is 5.82 Å². The van der Waals surface area contributed by atoms with Crippen LogP contribution < -0.4 is 0 Å². The van der Waals surface area contributed by atoms with Gasteiger partial charge in [-0.05, 0) is 18.2 Å². The largest absolute Gasteiger partial charge is 0.416 e. The third kappa shape index (κ3) is 3.41. The number of benzene rings is 1. The molecule has 24 heavy (non-hydrogen) atoms. The first-order valence-electron chi connectivity index (χ1n) is 7.35. The summed E-state index contributed by atoms with van der Waals surface area (Å²) in [5, 5.41) is 10.3. The van der Waals surface area contributed by atoms with Gasteiger partial charge in [-0.3, -0.25) is 4.90 Å². The zero-order chi connectivity index (χ0) is 17.3. The van der Waals surface area contributed by atoms with Crippen molar-refractivity contribution in [3.8, 4) is 0 Å². The summed E-state index contributed by atoms with van der Waals surface area (Å²) in [4.78, 5) is 1.85. The molecule has 0 unspecified atom stereocenters. The molecule has 0 aliphatic carbocycles. The second kappa shape index (κ2) is 6.48. The predicted molar refractivity (Wildman–Crippen MR) is 76.6 cm³/mol. The number of rotatable bonds is 4. The molecule has 1 aliphatic rings. The molecular weight excluding hydrogens is 328 g/mol. The van der Waals surface area contributed by atoms with Crippen LogP contribution in [0.2, 0.25) is 0 Å². The monoisotopic (exact) mass is 344 g/mol. The number of aromatic nitrogens is 3. The average molecular weight is 344 g/mol. The first-order chi connectivity index (χ1) is 11.4. The van der Waals surface area contributed by atoms with E-state index in [-0.39, 0.29) is 24.1 Å². The van der Waals surface area contributed by atoms with Gasteiger partial charge in [0.1, 0.15) is 5.82 Å². The molecule has 1 aliphatic heterocycles.